The van der Waals surface area contributed by atoms with Gasteiger partial charge in [0.05, 0.1) is 5.69 Å². The molecule has 1 aliphatic heterocycles. The highest BCUT2D eigenvalue weighted by molar-refractivity contribution is 9.10. The van der Waals surface area contributed by atoms with Gasteiger partial charge in [-0.1, -0.05) is 54.8 Å². The standard InChI is InChI=1S/C23H29BrN4/c1-5-7-19(8-6-2)27-14-13-20-15(3)25-22-21(16(4)26-28(22)23(20)27)17-9-11-18(24)12-10-17/h9-12,19H,5-8,13-14H2,1-4H3. The van der Waals surface area contributed by atoms with Crippen molar-refractivity contribution in [2.45, 2.75) is 65.8 Å². The monoisotopic (exact) mass is 440 g/mol. The first kappa shape index (κ1) is 19.4. The number of halogens is 1. The van der Waals surface area contributed by atoms with Gasteiger partial charge in [0, 0.05) is 33.9 Å². The summed E-state index contributed by atoms with van der Waals surface area (Å²) in [6.07, 6.45) is 5.96. The largest absolute Gasteiger partial charge is 0.353 e. The zero-order valence-corrected chi connectivity index (χ0v) is 18.9. The summed E-state index contributed by atoms with van der Waals surface area (Å²) in [4.78, 5) is 7.63. The number of hydrogen-bond acceptors (Lipinski definition) is 3. The van der Waals surface area contributed by atoms with Gasteiger partial charge in [-0.25, -0.2) is 4.98 Å². The van der Waals surface area contributed by atoms with Crippen molar-refractivity contribution in [3.63, 3.8) is 0 Å². The molecule has 28 heavy (non-hydrogen) atoms. The average molecular weight is 441 g/mol. The normalized spacial score (nSPS) is 13.7. The summed E-state index contributed by atoms with van der Waals surface area (Å²) in [7, 11) is 0. The first-order valence-corrected chi connectivity index (χ1v) is 11.3. The lowest BCUT2D eigenvalue weighted by Gasteiger charge is -2.30. The number of aryl methyl sites for hydroxylation is 2. The van der Waals surface area contributed by atoms with Crippen molar-refractivity contribution in [1.82, 2.24) is 14.6 Å². The van der Waals surface area contributed by atoms with E-state index in [1.165, 1.54) is 42.6 Å². The first-order valence-electron chi connectivity index (χ1n) is 10.5. The van der Waals surface area contributed by atoms with Crippen LogP contribution in [0.3, 0.4) is 0 Å². The predicted octanol–water partition coefficient (Wildman–Crippen LogP) is 6.11. The molecular formula is C23H29BrN4. The van der Waals surface area contributed by atoms with Crippen molar-refractivity contribution in [1.29, 1.82) is 0 Å². The van der Waals surface area contributed by atoms with Crippen molar-refractivity contribution in [3.05, 3.63) is 45.7 Å². The second kappa shape index (κ2) is 7.86. The fraction of sp³-hybridized carbons (Fsp3) is 0.478. The third-order valence-corrected chi connectivity index (χ3v) is 6.44. The number of fused-ring (bicyclic) bond motifs is 3. The summed E-state index contributed by atoms with van der Waals surface area (Å²) in [5.74, 6) is 1.28. The number of hydrogen-bond donors (Lipinski definition) is 0. The van der Waals surface area contributed by atoms with E-state index in [9.17, 15) is 0 Å². The maximum absolute atomic E-state index is 5.01. The van der Waals surface area contributed by atoms with Crippen molar-refractivity contribution in [3.8, 4) is 11.1 Å². The van der Waals surface area contributed by atoms with Gasteiger partial charge in [0.1, 0.15) is 5.82 Å². The minimum Gasteiger partial charge on any atom is -0.353 e. The maximum Gasteiger partial charge on any atom is 0.165 e. The number of benzene rings is 1. The van der Waals surface area contributed by atoms with E-state index in [0.29, 0.717) is 6.04 Å². The molecule has 0 spiro atoms. The highest BCUT2D eigenvalue weighted by atomic mass is 79.9. The van der Waals surface area contributed by atoms with Crippen LogP contribution in [0.4, 0.5) is 5.82 Å². The quantitative estimate of drug-likeness (QED) is 0.463. The Balaban J connectivity index is 1.90. The number of aromatic nitrogens is 3. The molecule has 2 aromatic heterocycles. The Morgan fingerprint density at radius 1 is 1.04 bits per heavy atom. The topological polar surface area (TPSA) is 33.4 Å². The lowest BCUT2D eigenvalue weighted by molar-refractivity contribution is 0.508. The van der Waals surface area contributed by atoms with Crippen LogP contribution >= 0.6 is 15.9 Å². The van der Waals surface area contributed by atoms with Crippen LogP contribution in [0.15, 0.2) is 28.7 Å². The van der Waals surface area contributed by atoms with Gasteiger partial charge in [-0.05, 0) is 50.8 Å². The Bertz CT molecular complexity index is 984. The molecule has 3 heterocycles. The molecular weight excluding hydrogens is 412 g/mol. The van der Waals surface area contributed by atoms with E-state index in [1.807, 2.05) is 0 Å². The summed E-state index contributed by atoms with van der Waals surface area (Å²) in [5.41, 5.74) is 6.86. The maximum atomic E-state index is 5.01. The minimum atomic E-state index is 0.585. The summed E-state index contributed by atoms with van der Waals surface area (Å²) in [6, 6.07) is 9.05. The van der Waals surface area contributed by atoms with Gasteiger partial charge in [0.25, 0.3) is 0 Å². The molecule has 3 aromatic rings. The Labute approximate surface area is 176 Å². The molecule has 0 N–H and O–H groups in total. The van der Waals surface area contributed by atoms with Crippen molar-refractivity contribution >= 4 is 27.4 Å². The van der Waals surface area contributed by atoms with Gasteiger partial charge < -0.3 is 4.90 Å². The van der Waals surface area contributed by atoms with E-state index >= 15 is 0 Å². The van der Waals surface area contributed by atoms with E-state index in [1.54, 1.807) is 0 Å². The molecule has 5 heteroatoms. The minimum absolute atomic E-state index is 0.585. The molecule has 0 fully saturated rings. The zero-order chi connectivity index (χ0) is 19.8. The van der Waals surface area contributed by atoms with Gasteiger partial charge in [-0.3, -0.25) is 0 Å². The van der Waals surface area contributed by atoms with Crippen LogP contribution < -0.4 is 4.90 Å². The Morgan fingerprint density at radius 3 is 2.36 bits per heavy atom. The molecule has 0 saturated heterocycles. The van der Waals surface area contributed by atoms with Gasteiger partial charge >= 0.3 is 0 Å². The summed E-state index contributed by atoms with van der Waals surface area (Å²) in [6.45, 7) is 9.91. The third kappa shape index (κ3) is 3.24. The van der Waals surface area contributed by atoms with Crippen molar-refractivity contribution in [2.24, 2.45) is 0 Å². The average Bonchev–Trinajstić information content (AvgIpc) is 3.24. The first-order chi connectivity index (χ1) is 13.5. The van der Waals surface area contributed by atoms with Gasteiger partial charge in [-0.15, -0.1) is 0 Å². The van der Waals surface area contributed by atoms with Crippen LogP contribution in [-0.2, 0) is 6.42 Å². The molecule has 1 aliphatic rings. The number of rotatable bonds is 6. The fourth-order valence-corrected chi connectivity index (χ4v) is 4.90. The highest BCUT2D eigenvalue weighted by Crippen LogP contribution is 2.37. The van der Waals surface area contributed by atoms with Crippen LogP contribution in [-0.4, -0.2) is 27.2 Å². The number of nitrogens with zero attached hydrogens (tertiary/aromatic N) is 4. The molecule has 0 saturated carbocycles. The third-order valence-electron chi connectivity index (χ3n) is 5.91. The van der Waals surface area contributed by atoms with E-state index in [2.05, 4.69) is 77.3 Å². The Kier molecular flexibility index (Phi) is 5.46. The lowest BCUT2D eigenvalue weighted by Crippen LogP contribution is -2.35. The van der Waals surface area contributed by atoms with Crippen molar-refractivity contribution < 1.29 is 0 Å². The molecule has 0 aliphatic carbocycles. The van der Waals surface area contributed by atoms with Crippen LogP contribution in [0, 0.1) is 13.8 Å². The van der Waals surface area contributed by atoms with E-state index in [0.717, 1.165) is 40.0 Å². The summed E-state index contributed by atoms with van der Waals surface area (Å²) >= 11 is 3.54. The lowest BCUT2D eigenvalue weighted by atomic mass is 10.1. The van der Waals surface area contributed by atoms with Crippen LogP contribution in [0.1, 0.15) is 56.5 Å². The predicted molar refractivity (Wildman–Crippen MR) is 120 cm³/mol. The summed E-state index contributed by atoms with van der Waals surface area (Å²) in [5, 5.41) is 4.98. The molecule has 0 radical (unpaired) electrons. The van der Waals surface area contributed by atoms with Crippen LogP contribution in [0.2, 0.25) is 0 Å². The van der Waals surface area contributed by atoms with Gasteiger partial charge in [0.15, 0.2) is 5.65 Å². The summed E-state index contributed by atoms with van der Waals surface area (Å²) < 4.78 is 3.21. The molecule has 4 rings (SSSR count). The number of anilines is 1. The van der Waals surface area contributed by atoms with Gasteiger partial charge in [0.2, 0.25) is 0 Å². The second-order valence-electron chi connectivity index (χ2n) is 7.88. The molecule has 0 unspecified atom stereocenters. The molecule has 0 atom stereocenters. The SMILES string of the molecule is CCCC(CCC)N1CCc2c(C)nc3c(-c4ccc(Br)cc4)c(C)nn3c21. The fourth-order valence-electron chi connectivity index (χ4n) is 4.64. The second-order valence-corrected chi connectivity index (χ2v) is 8.79. The Morgan fingerprint density at radius 2 is 1.71 bits per heavy atom. The highest BCUT2D eigenvalue weighted by Gasteiger charge is 2.31. The molecule has 4 nitrogen and oxygen atoms in total. The molecule has 0 amide bonds. The Hall–Kier alpha value is -1.88. The molecule has 1 aromatic carbocycles. The molecule has 148 valence electrons. The van der Waals surface area contributed by atoms with Gasteiger partial charge in [-0.2, -0.15) is 9.61 Å². The van der Waals surface area contributed by atoms with Crippen LogP contribution in [0.25, 0.3) is 16.8 Å². The van der Waals surface area contributed by atoms with Crippen LogP contribution in [0.5, 0.6) is 0 Å². The van der Waals surface area contributed by atoms with Crippen molar-refractivity contribution in [2.75, 3.05) is 11.4 Å². The van der Waals surface area contributed by atoms with E-state index in [-0.39, 0.29) is 0 Å². The zero-order valence-electron chi connectivity index (χ0n) is 17.3. The smallest absolute Gasteiger partial charge is 0.165 e. The molecule has 0 bridgehead atoms. The van der Waals surface area contributed by atoms with E-state index in [4.69, 9.17) is 10.1 Å². The van der Waals surface area contributed by atoms with E-state index < -0.39 is 0 Å².